The van der Waals surface area contributed by atoms with Crippen LogP contribution in [0.3, 0.4) is 0 Å². The fourth-order valence-corrected chi connectivity index (χ4v) is 6.47. The fraction of sp³-hybridized carbons (Fsp3) is 0.0741. The number of nitrogens with zero attached hydrogens (tertiary/aromatic N) is 4. The number of carbonyl (C=O) groups is 1. The SMILES string of the molecule is CN1/C(=C2\SC(=Nc3cccc4cnccc34)N(Cc3ccccc3)C2=O)Sc2ccccc21. The summed E-state index contributed by atoms with van der Waals surface area (Å²) < 4.78 is 0. The topological polar surface area (TPSA) is 48.8 Å². The number of thioether (sulfide) groups is 2. The van der Waals surface area contributed by atoms with Gasteiger partial charge in [0.25, 0.3) is 5.91 Å². The number of hydrogen-bond donors (Lipinski definition) is 0. The molecule has 3 aromatic carbocycles. The zero-order chi connectivity index (χ0) is 23.1. The van der Waals surface area contributed by atoms with Crippen LogP contribution in [-0.2, 0) is 11.3 Å². The monoisotopic (exact) mass is 480 g/mol. The lowest BCUT2D eigenvalue weighted by molar-refractivity contribution is -0.122. The first-order chi connectivity index (χ1) is 16.7. The molecule has 0 spiro atoms. The zero-order valence-corrected chi connectivity index (χ0v) is 20.0. The van der Waals surface area contributed by atoms with Crippen molar-refractivity contribution in [3.05, 3.63) is 107 Å². The number of aromatic nitrogens is 1. The van der Waals surface area contributed by atoms with Gasteiger partial charge in [0.1, 0.15) is 4.91 Å². The summed E-state index contributed by atoms with van der Waals surface area (Å²) in [5.41, 5.74) is 3.01. The van der Waals surface area contributed by atoms with E-state index in [1.165, 1.54) is 11.8 Å². The number of para-hydroxylation sites is 1. The van der Waals surface area contributed by atoms with Crippen LogP contribution in [0.25, 0.3) is 10.8 Å². The molecule has 2 aliphatic rings. The summed E-state index contributed by atoms with van der Waals surface area (Å²) >= 11 is 3.09. The molecule has 1 fully saturated rings. The molecular weight excluding hydrogens is 460 g/mol. The summed E-state index contributed by atoms with van der Waals surface area (Å²) in [6.07, 6.45) is 3.61. The van der Waals surface area contributed by atoms with Gasteiger partial charge in [-0.3, -0.25) is 14.7 Å². The number of amidine groups is 1. The van der Waals surface area contributed by atoms with E-state index >= 15 is 0 Å². The summed E-state index contributed by atoms with van der Waals surface area (Å²) in [7, 11) is 2.02. The van der Waals surface area contributed by atoms with Crippen molar-refractivity contribution in [3.8, 4) is 0 Å². The van der Waals surface area contributed by atoms with E-state index in [4.69, 9.17) is 4.99 Å². The molecule has 1 amide bonds. The molecule has 6 rings (SSSR count). The second kappa shape index (κ2) is 8.66. The zero-order valence-electron chi connectivity index (χ0n) is 18.4. The van der Waals surface area contributed by atoms with E-state index in [1.807, 2.05) is 80.0 Å². The van der Waals surface area contributed by atoms with Crippen molar-refractivity contribution in [1.29, 1.82) is 0 Å². The molecule has 166 valence electrons. The molecule has 4 aromatic rings. The standard InChI is InChI=1S/C27H20N4OS2/c1-30-22-12-5-6-13-23(22)33-26(30)24-25(32)31(17-18-8-3-2-4-9-18)27(34-24)29-21-11-7-10-19-16-28-15-14-20(19)21/h2-16H,17H2,1H3/b26-24+,29-27?. The third-order valence-electron chi connectivity index (χ3n) is 5.85. The van der Waals surface area contributed by atoms with Gasteiger partial charge in [0, 0.05) is 35.1 Å². The highest BCUT2D eigenvalue weighted by atomic mass is 32.2. The van der Waals surface area contributed by atoms with Crippen molar-refractivity contribution in [3.63, 3.8) is 0 Å². The number of pyridine rings is 1. The summed E-state index contributed by atoms with van der Waals surface area (Å²) in [5, 5.41) is 3.67. The van der Waals surface area contributed by atoms with Gasteiger partial charge in [-0.15, -0.1) is 0 Å². The van der Waals surface area contributed by atoms with Gasteiger partial charge < -0.3 is 4.90 Å². The number of rotatable bonds is 3. The normalized spacial score (nSPS) is 18.9. The Hall–Kier alpha value is -3.55. The van der Waals surface area contributed by atoms with E-state index in [0.717, 1.165) is 37.6 Å². The summed E-state index contributed by atoms with van der Waals surface area (Å²) in [6.45, 7) is 0.468. The van der Waals surface area contributed by atoms with E-state index in [9.17, 15) is 4.79 Å². The second-order valence-corrected chi connectivity index (χ2v) is 10.0. The van der Waals surface area contributed by atoms with E-state index in [2.05, 4.69) is 22.0 Å². The Labute approximate surface area is 206 Å². The van der Waals surface area contributed by atoms with Gasteiger partial charge in [0.2, 0.25) is 0 Å². The van der Waals surface area contributed by atoms with E-state index < -0.39 is 0 Å². The summed E-state index contributed by atoms with van der Waals surface area (Å²) in [6, 6.07) is 26.2. The van der Waals surface area contributed by atoms with E-state index in [-0.39, 0.29) is 5.91 Å². The maximum Gasteiger partial charge on any atom is 0.269 e. The maximum atomic E-state index is 13.8. The maximum absolute atomic E-state index is 13.8. The van der Waals surface area contributed by atoms with Crippen LogP contribution >= 0.6 is 23.5 Å². The molecule has 0 unspecified atom stereocenters. The van der Waals surface area contributed by atoms with Crippen LogP contribution in [0, 0.1) is 0 Å². The van der Waals surface area contributed by atoms with Gasteiger partial charge in [-0.1, -0.05) is 66.4 Å². The summed E-state index contributed by atoms with van der Waals surface area (Å²) in [4.78, 5) is 28.8. The molecule has 34 heavy (non-hydrogen) atoms. The predicted octanol–water partition coefficient (Wildman–Crippen LogP) is 6.41. The van der Waals surface area contributed by atoms with Crippen molar-refractivity contribution in [2.75, 3.05) is 11.9 Å². The lowest BCUT2D eigenvalue weighted by Gasteiger charge is -2.17. The van der Waals surface area contributed by atoms with Crippen molar-refractivity contribution in [1.82, 2.24) is 9.88 Å². The first-order valence-corrected chi connectivity index (χ1v) is 12.5. The quantitative estimate of drug-likeness (QED) is 0.317. The molecule has 1 aromatic heterocycles. The van der Waals surface area contributed by atoms with Crippen LogP contribution < -0.4 is 4.90 Å². The van der Waals surface area contributed by atoms with Crippen molar-refractivity contribution in [2.45, 2.75) is 11.4 Å². The van der Waals surface area contributed by atoms with Gasteiger partial charge in [0.15, 0.2) is 5.17 Å². The van der Waals surface area contributed by atoms with Gasteiger partial charge in [-0.25, -0.2) is 4.99 Å². The molecule has 2 aliphatic heterocycles. The van der Waals surface area contributed by atoms with Crippen LogP contribution in [0.15, 0.2) is 111 Å². The molecule has 0 N–H and O–H groups in total. The molecule has 7 heteroatoms. The number of benzene rings is 3. The van der Waals surface area contributed by atoms with Crippen LogP contribution in [0.2, 0.25) is 0 Å². The molecule has 0 radical (unpaired) electrons. The Bertz CT molecular complexity index is 1480. The number of carbonyl (C=O) groups excluding carboxylic acids is 1. The van der Waals surface area contributed by atoms with Crippen LogP contribution in [0.4, 0.5) is 11.4 Å². The number of aliphatic imine (C=N–C) groups is 1. The Balaban J connectivity index is 1.45. The van der Waals surface area contributed by atoms with Gasteiger partial charge in [0.05, 0.1) is 22.9 Å². The number of hydrogen-bond acceptors (Lipinski definition) is 6. The van der Waals surface area contributed by atoms with Crippen molar-refractivity contribution < 1.29 is 4.79 Å². The lowest BCUT2D eigenvalue weighted by Crippen LogP contribution is -2.29. The highest BCUT2D eigenvalue weighted by Crippen LogP contribution is 2.50. The molecule has 0 atom stereocenters. The highest BCUT2D eigenvalue weighted by molar-refractivity contribution is 8.19. The second-order valence-electron chi connectivity index (χ2n) is 8.01. The van der Waals surface area contributed by atoms with Crippen LogP contribution in [-0.4, -0.2) is 28.0 Å². The number of fused-ring (bicyclic) bond motifs is 2. The molecular formula is C27H20N4OS2. The molecule has 0 saturated carbocycles. The minimum absolute atomic E-state index is 0.0170. The minimum Gasteiger partial charge on any atom is -0.337 e. The van der Waals surface area contributed by atoms with Crippen molar-refractivity contribution >= 4 is 56.7 Å². The number of amides is 1. The van der Waals surface area contributed by atoms with Crippen LogP contribution in [0.1, 0.15) is 5.56 Å². The molecule has 0 aliphatic carbocycles. The number of anilines is 1. The Kier molecular flexibility index (Phi) is 5.36. The molecule has 5 nitrogen and oxygen atoms in total. The van der Waals surface area contributed by atoms with Crippen molar-refractivity contribution in [2.24, 2.45) is 4.99 Å². The Morgan fingerprint density at radius 1 is 0.912 bits per heavy atom. The highest BCUT2D eigenvalue weighted by Gasteiger charge is 2.39. The largest absolute Gasteiger partial charge is 0.337 e. The van der Waals surface area contributed by atoms with E-state index in [1.54, 1.807) is 22.9 Å². The minimum atomic E-state index is -0.0170. The molecule has 1 saturated heterocycles. The Morgan fingerprint density at radius 2 is 1.74 bits per heavy atom. The third kappa shape index (κ3) is 3.67. The average molecular weight is 481 g/mol. The van der Waals surface area contributed by atoms with Crippen LogP contribution in [0.5, 0.6) is 0 Å². The van der Waals surface area contributed by atoms with Gasteiger partial charge >= 0.3 is 0 Å². The predicted molar refractivity (Wildman–Crippen MR) is 141 cm³/mol. The first kappa shape index (κ1) is 21.0. The van der Waals surface area contributed by atoms with Gasteiger partial charge in [-0.05, 0) is 41.6 Å². The van der Waals surface area contributed by atoms with E-state index in [0.29, 0.717) is 16.6 Å². The lowest BCUT2D eigenvalue weighted by atomic mass is 10.1. The molecule has 0 bridgehead atoms. The smallest absolute Gasteiger partial charge is 0.269 e. The fourth-order valence-electron chi connectivity index (χ4n) is 4.13. The third-order valence-corrected chi connectivity index (χ3v) is 8.29. The molecule has 3 heterocycles. The summed E-state index contributed by atoms with van der Waals surface area (Å²) in [5.74, 6) is -0.0170. The average Bonchev–Trinajstić information content (AvgIpc) is 3.36. The van der Waals surface area contributed by atoms with Gasteiger partial charge in [-0.2, -0.15) is 0 Å². The first-order valence-electron chi connectivity index (χ1n) is 10.9. The Morgan fingerprint density at radius 3 is 2.59 bits per heavy atom.